The fourth-order valence-corrected chi connectivity index (χ4v) is 2.41. The Morgan fingerprint density at radius 1 is 1.40 bits per heavy atom. The van der Waals surface area contributed by atoms with E-state index in [2.05, 4.69) is 16.9 Å². The van der Waals surface area contributed by atoms with Crippen LogP contribution in [-0.4, -0.2) is 9.97 Å². The van der Waals surface area contributed by atoms with Gasteiger partial charge in [0, 0.05) is 12.1 Å². The van der Waals surface area contributed by atoms with E-state index < -0.39 is 0 Å². The van der Waals surface area contributed by atoms with E-state index in [4.69, 9.17) is 0 Å². The Kier molecular flexibility index (Phi) is 3.43. The van der Waals surface area contributed by atoms with Crippen LogP contribution in [0.1, 0.15) is 44.3 Å². The maximum Gasteiger partial charge on any atom is 0.264 e. The molecule has 0 amide bonds. The summed E-state index contributed by atoms with van der Waals surface area (Å²) in [6, 6.07) is 0. The summed E-state index contributed by atoms with van der Waals surface area (Å²) >= 11 is 2.01. The van der Waals surface area contributed by atoms with Crippen LogP contribution in [0, 0.1) is 9.49 Å². The van der Waals surface area contributed by atoms with Gasteiger partial charge < -0.3 is 4.98 Å². The van der Waals surface area contributed by atoms with Crippen LogP contribution in [-0.2, 0) is 0 Å². The molecule has 1 heterocycles. The molecule has 0 aliphatic heterocycles. The molecule has 0 spiro atoms. The van der Waals surface area contributed by atoms with Gasteiger partial charge in [0.25, 0.3) is 5.56 Å². The molecule has 1 aliphatic rings. The smallest absolute Gasteiger partial charge is 0.264 e. The molecular formula is C11H15IN2O. The molecule has 2 rings (SSSR count). The van der Waals surface area contributed by atoms with E-state index in [9.17, 15) is 4.79 Å². The fourth-order valence-electron chi connectivity index (χ4n) is 2.13. The van der Waals surface area contributed by atoms with E-state index in [1.165, 1.54) is 12.8 Å². The summed E-state index contributed by atoms with van der Waals surface area (Å²) in [7, 11) is 0. The first kappa shape index (κ1) is 11.1. The zero-order valence-corrected chi connectivity index (χ0v) is 11.0. The lowest BCUT2D eigenvalue weighted by Crippen LogP contribution is -2.19. The Morgan fingerprint density at radius 2 is 2.07 bits per heavy atom. The van der Waals surface area contributed by atoms with Gasteiger partial charge in [-0.25, -0.2) is 4.98 Å². The van der Waals surface area contributed by atoms with Gasteiger partial charge in [0.2, 0.25) is 0 Å². The molecule has 0 saturated heterocycles. The van der Waals surface area contributed by atoms with Gasteiger partial charge in [-0.3, -0.25) is 4.79 Å². The highest BCUT2D eigenvalue weighted by molar-refractivity contribution is 14.1. The molecule has 0 radical (unpaired) electrons. The Hall–Kier alpha value is -0.390. The predicted molar refractivity (Wildman–Crippen MR) is 67.9 cm³/mol. The molecule has 1 aromatic heterocycles. The molecule has 1 aliphatic carbocycles. The minimum Gasteiger partial charge on any atom is -0.309 e. The molecule has 1 N–H and O–H groups in total. The van der Waals surface area contributed by atoms with Crippen LogP contribution in [0.4, 0.5) is 0 Å². The van der Waals surface area contributed by atoms with Crippen LogP contribution in [0.2, 0.25) is 0 Å². The van der Waals surface area contributed by atoms with E-state index in [0.29, 0.717) is 9.49 Å². The number of hydrogen-bond acceptors (Lipinski definition) is 2. The minimum absolute atomic E-state index is 0.000720. The van der Waals surface area contributed by atoms with Crippen molar-refractivity contribution in [1.29, 1.82) is 0 Å². The first-order valence-corrected chi connectivity index (χ1v) is 6.49. The average molecular weight is 318 g/mol. The summed E-state index contributed by atoms with van der Waals surface area (Å²) in [5.74, 6) is 2.18. The zero-order chi connectivity index (χ0) is 10.8. The molecule has 1 saturated carbocycles. The summed E-state index contributed by atoms with van der Waals surface area (Å²) in [5, 5.41) is 0. The largest absolute Gasteiger partial charge is 0.309 e. The van der Waals surface area contributed by atoms with Gasteiger partial charge in [0.05, 0.1) is 3.57 Å². The van der Waals surface area contributed by atoms with Crippen molar-refractivity contribution in [2.45, 2.75) is 38.5 Å². The standard InChI is InChI=1S/C11H15IN2O/c1-7-2-4-8(5-3-7)10-13-6-9(12)11(15)14-10/h6-8H,2-5H2,1H3,(H,13,14,15). The quantitative estimate of drug-likeness (QED) is 0.809. The summed E-state index contributed by atoms with van der Waals surface area (Å²) in [4.78, 5) is 18.7. The molecule has 0 atom stereocenters. The summed E-state index contributed by atoms with van der Waals surface area (Å²) in [6.45, 7) is 2.29. The maximum atomic E-state index is 11.4. The van der Waals surface area contributed by atoms with Crippen LogP contribution < -0.4 is 5.56 Å². The lowest BCUT2D eigenvalue weighted by atomic mass is 9.82. The number of rotatable bonds is 1. The van der Waals surface area contributed by atoms with E-state index in [1.54, 1.807) is 6.20 Å². The second kappa shape index (κ2) is 4.63. The minimum atomic E-state index is -0.000720. The van der Waals surface area contributed by atoms with Crippen molar-refractivity contribution in [3.8, 4) is 0 Å². The molecule has 15 heavy (non-hydrogen) atoms. The second-order valence-electron chi connectivity index (χ2n) is 4.40. The zero-order valence-electron chi connectivity index (χ0n) is 8.79. The van der Waals surface area contributed by atoms with Crippen molar-refractivity contribution in [3.05, 3.63) is 25.9 Å². The Bertz CT molecular complexity index is 394. The monoisotopic (exact) mass is 318 g/mol. The van der Waals surface area contributed by atoms with Crippen LogP contribution in [0.15, 0.2) is 11.0 Å². The summed E-state index contributed by atoms with van der Waals surface area (Å²) < 4.78 is 0.667. The lowest BCUT2D eigenvalue weighted by molar-refractivity contribution is 0.339. The van der Waals surface area contributed by atoms with Gasteiger partial charge in [-0.05, 0) is 41.4 Å². The van der Waals surface area contributed by atoms with Crippen LogP contribution in [0.5, 0.6) is 0 Å². The van der Waals surface area contributed by atoms with Gasteiger partial charge in [0.1, 0.15) is 5.82 Å². The molecular weight excluding hydrogens is 303 g/mol. The molecule has 3 nitrogen and oxygen atoms in total. The predicted octanol–water partition coefficient (Wildman–Crippen LogP) is 2.67. The molecule has 4 heteroatoms. The highest BCUT2D eigenvalue weighted by atomic mass is 127. The third-order valence-corrected chi connectivity index (χ3v) is 3.95. The summed E-state index contributed by atoms with van der Waals surface area (Å²) in [5.41, 5.74) is -0.000720. The van der Waals surface area contributed by atoms with Gasteiger partial charge in [-0.2, -0.15) is 0 Å². The third-order valence-electron chi connectivity index (χ3n) is 3.18. The van der Waals surface area contributed by atoms with Crippen LogP contribution in [0.3, 0.4) is 0 Å². The third kappa shape index (κ3) is 2.59. The molecule has 82 valence electrons. The van der Waals surface area contributed by atoms with Crippen molar-refractivity contribution in [1.82, 2.24) is 9.97 Å². The van der Waals surface area contributed by atoms with E-state index >= 15 is 0 Å². The van der Waals surface area contributed by atoms with Gasteiger partial charge >= 0.3 is 0 Å². The van der Waals surface area contributed by atoms with Crippen LogP contribution >= 0.6 is 22.6 Å². The number of H-pyrrole nitrogens is 1. The van der Waals surface area contributed by atoms with Crippen molar-refractivity contribution in [2.75, 3.05) is 0 Å². The Balaban J connectivity index is 2.16. The molecule has 0 unspecified atom stereocenters. The first-order valence-electron chi connectivity index (χ1n) is 5.41. The van der Waals surface area contributed by atoms with Crippen molar-refractivity contribution < 1.29 is 0 Å². The molecule has 0 aromatic carbocycles. The number of nitrogens with zero attached hydrogens (tertiary/aromatic N) is 1. The number of hydrogen-bond donors (Lipinski definition) is 1. The van der Waals surface area contributed by atoms with Crippen molar-refractivity contribution >= 4 is 22.6 Å². The van der Waals surface area contributed by atoms with Gasteiger partial charge in [-0.15, -0.1) is 0 Å². The lowest BCUT2D eigenvalue weighted by Gasteiger charge is -2.25. The van der Waals surface area contributed by atoms with Crippen LogP contribution in [0.25, 0.3) is 0 Å². The highest BCUT2D eigenvalue weighted by Crippen LogP contribution is 2.33. The average Bonchev–Trinajstić information content (AvgIpc) is 2.23. The Morgan fingerprint density at radius 3 is 2.67 bits per heavy atom. The van der Waals surface area contributed by atoms with Gasteiger partial charge in [-0.1, -0.05) is 19.8 Å². The summed E-state index contributed by atoms with van der Waals surface area (Å²) in [6.07, 6.45) is 6.49. The molecule has 0 bridgehead atoms. The number of aromatic nitrogens is 2. The molecule has 1 aromatic rings. The van der Waals surface area contributed by atoms with Crippen molar-refractivity contribution in [2.24, 2.45) is 5.92 Å². The van der Waals surface area contributed by atoms with Gasteiger partial charge in [0.15, 0.2) is 0 Å². The highest BCUT2D eigenvalue weighted by Gasteiger charge is 2.21. The first-order chi connectivity index (χ1) is 7.16. The second-order valence-corrected chi connectivity index (χ2v) is 5.56. The topological polar surface area (TPSA) is 45.8 Å². The number of nitrogens with one attached hydrogen (secondary N) is 1. The molecule has 1 fully saturated rings. The maximum absolute atomic E-state index is 11.4. The fraction of sp³-hybridized carbons (Fsp3) is 0.636. The normalized spacial score (nSPS) is 26.5. The van der Waals surface area contributed by atoms with E-state index in [-0.39, 0.29) is 5.56 Å². The number of halogens is 1. The Labute approximate surface area is 103 Å². The van der Waals surface area contributed by atoms with E-state index in [0.717, 1.165) is 24.6 Å². The SMILES string of the molecule is CC1CCC(c2ncc(I)c(=O)[nH]2)CC1. The number of aromatic amines is 1. The van der Waals surface area contributed by atoms with E-state index in [1.807, 2.05) is 22.6 Å². The van der Waals surface area contributed by atoms with Crippen molar-refractivity contribution in [3.63, 3.8) is 0 Å².